The van der Waals surface area contributed by atoms with E-state index in [1.54, 1.807) is 42.5 Å². The molecular formula is C23H21N3O5S. The molecule has 2 amide bonds. The highest BCUT2D eigenvalue weighted by molar-refractivity contribution is 7.92. The van der Waals surface area contributed by atoms with Crippen LogP contribution in [0.1, 0.15) is 26.3 Å². The molecule has 0 aliphatic carbocycles. The number of hydrogen-bond donors (Lipinski definition) is 2. The molecule has 3 aromatic carbocycles. The number of hydrazine groups is 1. The highest BCUT2D eigenvalue weighted by Gasteiger charge is 2.31. The molecular weight excluding hydrogens is 430 g/mol. The summed E-state index contributed by atoms with van der Waals surface area (Å²) in [5.41, 5.74) is 6.55. The Balaban J connectivity index is 1.59. The molecule has 164 valence electrons. The fourth-order valence-electron chi connectivity index (χ4n) is 3.55. The summed E-state index contributed by atoms with van der Waals surface area (Å²) in [7, 11) is -2.52. The number of benzene rings is 3. The number of para-hydroxylation sites is 1. The fourth-order valence-corrected chi connectivity index (χ4v) is 5.08. The van der Waals surface area contributed by atoms with Gasteiger partial charge in [0.25, 0.3) is 21.8 Å². The smallest absolute Gasteiger partial charge is 0.273 e. The second-order valence-electron chi connectivity index (χ2n) is 7.09. The van der Waals surface area contributed by atoms with Crippen molar-refractivity contribution < 1.29 is 22.7 Å². The Morgan fingerprint density at radius 2 is 1.59 bits per heavy atom. The number of fused-ring (bicyclic) bond motifs is 1. The van der Waals surface area contributed by atoms with Crippen LogP contribution in [0.15, 0.2) is 77.7 Å². The molecule has 8 nitrogen and oxygen atoms in total. The van der Waals surface area contributed by atoms with Crippen LogP contribution in [0.25, 0.3) is 0 Å². The third-order valence-electron chi connectivity index (χ3n) is 5.17. The molecule has 1 aliphatic rings. The van der Waals surface area contributed by atoms with Crippen LogP contribution in [-0.4, -0.2) is 33.9 Å². The zero-order valence-electron chi connectivity index (χ0n) is 17.2. The topological polar surface area (TPSA) is 105 Å². The Morgan fingerprint density at radius 3 is 2.34 bits per heavy atom. The highest BCUT2D eigenvalue weighted by Crippen LogP contribution is 2.33. The Morgan fingerprint density at radius 1 is 0.906 bits per heavy atom. The quantitative estimate of drug-likeness (QED) is 0.580. The van der Waals surface area contributed by atoms with E-state index in [-0.39, 0.29) is 16.2 Å². The van der Waals surface area contributed by atoms with Crippen molar-refractivity contribution in [1.29, 1.82) is 0 Å². The van der Waals surface area contributed by atoms with Crippen molar-refractivity contribution in [2.75, 3.05) is 18.0 Å². The maximum atomic E-state index is 13.3. The average molecular weight is 452 g/mol. The minimum Gasteiger partial charge on any atom is -0.496 e. The zero-order chi connectivity index (χ0) is 22.7. The van der Waals surface area contributed by atoms with Crippen LogP contribution in [0.3, 0.4) is 0 Å². The van der Waals surface area contributed by atoms with E-state index in [9.17, 15) is 18.0 Å². The van der Waals surface area contributed by atoms with Gasteiger partial charge in [0.1, 0.15) is 5.75 Å². The first-order valence-corrected chi connectivity index (χ1v) is 11.3. The molecule has 2 N–H and O–H groups in total. The normalized spacial score (nSPS) is 12.7. The lowest BCUT2D eigenvalue weighted by atomic mass is 10.2. The van der Waals surface area contributed by atoms with Crippen LogP contribution in [0, 0.1) is 0 Å². The van der Waals surface area contributed by atoms with Crippen molar-refractivity contribution in [2.45, 2.75) is 11.3 Å². The van der Waals surface area contributed by atoms with Gasteiger partial charge in [-0.1, -0.05) is 36.4 Å². The van der Waals surface area contributed by atoms with Gasteiger partial charge in [0.2, 0.25) is 0 Å². The predicted molar refractivity (Wildman–Crippen MR) is 119 cm³/mol. The fraction of sp³-hybridized carbons (Fsp3) is 0.130. The van der Waals surface area contributed by atoms with E-state index in [0.29, 0.717) is 24.2 Å². The maximum absolute atomic E-state index is 13.3. The van der Waals surface area contributed by atoms with E-state index in [2.05, 4.69) is 10.9 Å². The molecule has 0 atom stereocenters. The van der Waals surface area contributed by atoms with E-state index in [1.165, 1.54) is 29.6 Å². The van der Waals surface area contributed by atoms with Crippen LogP contribution >= 0.6 is 0 Å². The third kappa shape index (κ3) is 4.02. The van der Waals surface area contributed by atoms with E-state index < -0.39 is 21.8 Å². The van der Waals surface area contributed by atoms with Crippen LogP contribution in [0.2, 0.25) is 0 Å². The number of rotatable bonds is 5. The minimum atomic E-state index is -3.90. The number of nitrogens with zero attached hydrogens (tertiary/aromatic N) is 1. The summed E-state index contributed by atoms with van der Waals surface area (Å²) in [5, 5.41) is 0. The lowest BCUT2D eigenvalue weighted by molar-refractivity contribution is 0.0844. The summed E-state index contributed by atoms with van der Waals surface area (Å²) in [6, 6.07) is 19.7. The van der Waals surface area contributed by atoms with Crippen molar-refractivity contribution in [1.82, 2.24) is 10.9 Å². The second kappa shape index (κ2) is 8.72. The standard InChI is InChI=1S/C23H21N3O5S/c1-31-21-12-11-18(32(29,30)26-14-13-16-7-5-6-10-20(16)26)15-19(21)23(28)25-24-22(27)17-8-3-2-4-9-17/h2-12,15H,13-14H2,1H3,(H,24,27)(H,25,28). The Bertz CT molecular complexity index is 1280. The first-order valence-electron chi connectivity index (χ1n) is 9.86. The van der Waals surface area contributed by atoms with Crippen molar-refractivity contribution in [3.05, 3.63) is 89.5 Å². The number of nitrogens with one attached hydrogen (secondary N) is 2. The van der Waals surface area contributed by atoms with Gasteiger partial charge in [0.15, 0.2) is 0 Å². The maximum Gasteiger partial charge on any atom is 0.273 e. The van der Waals surface area contributed by atoms with E-state index in [0.717, 1.165) is 5.56 Å². The average Bonchev–Trinajstić information content (AvgIpc) is 3.27. The number of anilines is 1. The lowest BCUT2D eigenvalue weighted by Gasteiger charge is -2.20. The van der Waals surface area contributed by atoms with Crippen LogP contribution in [0.4, 0.5) is 5.69 Å². The summed E-state index contributed by atoms with van der Waals surface area (Å²) in [5.74, 6) is -1.03. The van der Waals surface area contributed by atoms with Gasteiger partial charge >= 0.3 is 0 Å². The third-order valence-corrected chi connectivity index (χ3v) is 6.98. The predicted octanol–water partition coefficient (Wildman–Crippen LogP) is 2.52. The summed E-state index contributed by atoms with van der Waals surface area (Å²) in [4.78, 5) is 24.9. The SMILES string of the molecule is COc1ccc(S(=O)(=O)N2CCc3ccccc32)cc1C(=O)NNC(=O)c1ccccc1. The molecule has 0 aromatic heterocycles. The molecule has 1 heterocycles. The molecule has 3 aromatic rings. The number of sulfonamides is 1. The molecule has 1 aliphatic heterocycles. The van der Waals surface area contributed by atoms with Crippen molar-refractivity contribution in [3.63, 3.8) is 0 Å². The second-order valence-corrected chi connectivity index (χ2v) is 8.95. The summed E-state index contributed by atoms with van der Waals surface area (Å²) in [6.45, 7) is 0.322. The van der Waals surface area contributed by atoms with Crippen molar-refractivity contribution in [3.8, 4) is 5.75 Å². The molecule has 0 unspecified atom stereocenters. The molecule has 0 spiro atoms. The first-order chi connectivity index (χ1) is 15.4. The lowest BCUT2D eigenvalue weighted by Crippen LogP contribution is -2.41. The Hall–Kier alpha value is -3.85. The van der Waals surface area contributed by atoms with Gasteiger partial charge < -0.3 is 4.74 Å². The van der Waals surface area contributed by atoms with Crippen LogP contribution in [-0.2, 0) is 16.4 Å². The summed E-state index contributed by atoms with van der Waals surface area (Å²) < 4.78 is 33.2. The summed E-state index contributed by atoms with van der Waals surface area (Å²) >= 11 is 0. The molecule has 0 saturated carbocycles. The molecule has 0 radical (unpaired) electrons. The summed E-state index contributed by atoms with van der Waals surface area (Å²) in [6.07, 6.45) is 0.615. The number of ether oxygens (including phenoxy) is 1. The number of methoxy groups -OCH3 is 1. The van der Waals surface area contributed by atoms with Gasteiger partial charge in [-0.25, -0.2) is 8.42 Å². The van der Waals surface area contributed by atoms with Gasteiger partial charge in [-0.05, 0) is 48.4 Å². The molecule has 32 heavy (non-hydrogen) atoms. The first kappa shape index (κ1) is 21.4. The van der Waals surface area contributed by atoms with Gasteiger partial charge in [-0.15, -0.1) is 0 Å². The number of amides is 2. The minimum absolute atomic E-state index is 0.0191. The number of carbonyl (C=O) groups excluding carboxylic acids is 2. The van der Waals surface area contributed by atoms with Gasteiger partial charge in [0, 0.05) is 12.1 Å². The van der Waals surface area contributed by atoms with Crippen molar-refractivity contribution in [2.24, 2.45) is 0 Å². The molecule has 0 bridgehead atoms. The van der Waals surface area contributed by atoms with Crippen LogP contribution in [0.5, 0.6) is 5.75 Å². The van der Waals surface area contributed by atoms with Gasteiger partial charge in [-0.2, -0.15) is 0 Å². The zero-order valence-corrected chi connectivity index (χ0v) is 18.1. The van der Waals surface area contributed by atoms with Crippen LogP contribution < -0.4 is 19.9 Å². The molecule has 9 heteroatoms. The number of carbonyl (C=O) groups is 2. The molecule has 0 saturated heterocycles. The van der Waals surface area contributed by atoms with E-state index in [4.69, 9.17) is 4.74 Å². The van der Waals surface area contributed by atoms with Crippen molar-refractivity contribution >= 4 is 27.5 Å². The number of hydrogen-bond acceptors (Lipinski definition) is 5. The van der Waals surface area contributed by atoms with E-state index >= 15 is 0 Å². The van der Waals surface area contributed by atoms with Gasteiger partial charge in [-0.3, -0.25) is 24.7 Å². The Labute approximate surface area is 185 Å². The monoisotopic (exact) mass is 451 g/mol. The molecule has 0 fully saturated rings. The highest BCUT2D eigenvalue weighted by atomic mass is 32.2. The van der Waals surface area contributed by atoms with Gasteiger partial charge in [0.05, 0.1) is 23.3 Å². The largest absolute Gasteiger partial charge is 0.496 e. The van der Waals surface area contributed by atoms with E-state index in [1.807, 2.05) is 12.1 Å². The molecule has 4 rings (SSSR count). The Kier molecular flexibility index (Phi) is 5.83.